The average Bonchev–Trinajstić information content (AvgIpc) is 3.18. The Kier molecular flexibility index (Phi) is 14.9. The predicted molar refractivity (Wildman–Crippen MR) is 214 cm³/mol. The number of rotatable bonds is 17. The van der Waals surface area contributed by atoms with E-state index in [2.05, 4.69) is 14.9 Å². The Hall–Kier alpha value is -4.86. The molecule has 1 aliphatic rings. The summed E-state index contributed by atoms with van der Waals surface area (Å²) in [5, 5.41) is 0. The van der Waals surface area contributed by atoms with E-state index in [9.17, 15) is 39.6 Å². The Morgan fingerprint density at radius 2 is 1.49 bits per heavy atom. The normalized spacial score (nSPS) is 16.6. The summed E-state index contributed by atoms with van der Waals surface area (Å²) in [5.41, 5.74) is 0.320. The van der Waals surface area contributed by atoms with Crippen LogP contribution < -0.4 is 14.5 Å². The third-order valence-corrected chi connectivity index (χ3v) is 11.5. The third-order valence-electron chi connectivity index (χ3n) is 10.6. The number of aromatic nitrogens is 2. The number of hydrogen-bond donors (Lipinski definition) is 0. The fraction of sp³-hybridized carbons (Fsp3) is 0.465. The minimum atomic E-state index is -5.04. The Morgan fingerprint density at radius 3 is 2.07 bits per heavy atom. The molecule has 320 valence electrons. The number of benzene rings is 3. The zero-order valence-electron chi connectivity index (χ0n) is 33.5. The van der Waals surface area contributed by atoms with E-state index in [4.69, 9.17) is 9.47 Å². The number of nitrogens with zero attached hydrogens (tertiary/aromatic N) is 4. The molecule has 3 aromatic carbocycles. The lowest BCUT2D eigenvalue weighted by molar-refractivity contribution is -0.146. The molecule has 1 aromatic heterocycles. The van der Waals surface area contributed by atoms with Gasteiger partial charge in [0.2, 0.25) is 5.95 Å². The molecule has 0 saturated heterocycles. The second-order valence-electron chi connectivity index (χ2n) is 15.2. The average molecular weight is 849 g/mol. The maximum absolute atomic E-state index is 14.0. The van der Waals surface area contributed by atoms with Crippen LogP contribution in [0.5, 0.6) is 5.75 Å². The van der Waals surface area contributed by atoms with Gasteiger partial charge in [-0.15, -0.1) is 0 Å². The summed E-state index contributed by atoms with van der Waals surface area (Å²) >= 11 is 0. The highest BCUT2D eigenvalue weighted by Crippen LogP contribution is 2.40. The Bertz CT molecular complexity index is 2080. The van der Waals surface area contributed by atoms with Gasteiger partial charge in [0.1, 0.15) is 13.2 Å². The molecule has 9 nitrogen and oxygen atoms in total. The number of carbonyl (C=O) groups excluding carboxylic acids is 1. The Balaban J connectivity index is 1.38. The summed E-state index contributed by atoms with van der Waals surface area (Å²) in [7, 11) is -3.32. The van der Waals surface area contributed by atoms with Gasteiger partial charge in [0.25, 0.3) is 0 Å². The molecule has 1 atom stereocenters. The molecule has 1 heterocycles. The first-order chi connectivity index (χ1) is 27.8. The van der Waals surface area contributed by atoms with Crippen LogP contribution in [0.25, 0.3) is 0 Å². The van der Waals surface area contributed by atoms with Gasteiger partial charge in [-0.25, -0.2) is 18.4 Å². The molecule has 59 heavy (non-hydrogen) atoms. The first-order valence-electron chi connectivity index (χ1n) is 19.5. The summed E-state index contributed by atoms with van der Waals surface area (Å²) in [6, 6.07) is 15.8. The Morgan fingerprint density at radius 1 is 0.881 bits per heavy atom. The van der Waals surface area contributed by atoms with Gasteiger partial charge in [-0.1, -0.05) is 48.0 Å². The molecular formula is C43H50F6N4O5S. The van der Waals surface area contributed by atoms with Crippen molar-refractivity contribution < 1.29 is 49.0 Å². The molecule has 0 spiro atoms. The van der Waals surface area contributed by atoms with Gasteiger partial charge in [-0.05, 0) is 99.2 Å². The fourth-order valence-electron chi connectivity index (χ4n) is 7.32. The molecular weight excluding hydrogens is 799 g/mol. The van der Waals surface area contributed by atoms with Crippen molar-refractivity contribution in [2.45, 2.75) is 84.4 Å². The van der Waals surface area contributed by atoms with Crippen molar-refractivity contribution in [1.29, 1.82) is 0 Å². The summed E-state index contributed by atoms with van der Waals surface area (Å²) in [4.78, 5) is 25.2. The second kappa shape index (κ2) is 19.5. The number of esters is 1. The van der Waals surface area contributed by atoms with E-state index in [-0.39, 0.29) is 60.7 Å². The third kappa shape index (κ3) is 13.3. The van der Waals surface area contributed by atoms with E-state index >= 15 is 0 Å². The SMILES string of the molecule is CCN(CC1CCC(CC(=O)OCc2ccccc2)CC1)c1ccc(C)cc1CN(c1ncc(OCCS(C)(=O)=O)cn1)[C@@H](C)c1cc(C(F)(F)F)cc(C(F)(F)F)c1. The minimum Gasteiger partial charge on any atom is -0.489 e. The van der Waals surface area contributed by atoms with E-state index in [0.717, 1.165) is 54.3 Å². The van der Waals surface area contributed by atoms with Crippen LogP contribution in [-0.2, 0) is 44.9 Å². The maximum atomic E-state index is 14.0. The number of anilines is 2. The zero-order valence-corrected chi connectivity index (χ0v) is 34.3. The van der Waals surface area contributed by atoms with Gasteiger partial charge in [0, 0.05) is 38.0 Å². The molecule has 1 fully saturated rings. The molecule has 0 bridgehead atoms. The molecule has 4 aromatic rings. The molecule has 0 unspecified atom stereocenters. The molecule has 0 aliphatic heterocycles. The lowest BCUT2D eigenvalue weighted by atomic mass is 9.80. The van der Waals surface area contributed by atoms with Crippen molar-refractivity contribution in [2.24, 2.45) is 11.8 Å². The van der Waals surface area contributed by atoms with E-state index in [1.165, 1.54) is 19.3 Å². The van der Waals surface area contributed by atoms with Gasteiger partial charge in [0.05, 0.1) is 35.3 Å². The van der Waals surface area contributed by atoms with Crippen molar-refractivity contribution in [2.75, 3.05) is 41.5 Å². The number of hydrogen-bond acceptors (Lipinski definition) is 9. The quantitative estimate of drug-likeness (QED) is 0.0760. The van der Waals surface area contributed by atoms with Gasteiger partial charge >= 0.3 is 18.3 Å². The summed E-state index contributed by atoms with van der Waals surface area (Å²) in [6.07, 6.45) is -2.55. The van der Waals surface area contributed by atoms with Crippen LogP contribution in [0, 0.1) is 18.8 Å². The van der Waals surface area contributed by atoms with Crippen molar-refractivity contribution in [3.63, 3.8) is 0 Å². The highest BCUT2D eigenvalue weighted by Gasteiger charge is 2.38. The van der Waals surface area contributed by atoms with E-state index in [1.807, 2.05) is 62.4 Å². The molecule has 0 amide bonds. The van der Waals surface area contributed by atoms with E-state index in [1.54, 1.807) is 4.90 Å². The zero-order chi connectivity index (χ0) is 43.0. The number of sulfone groups is 1. The molecule has 1 aliphatic carbocycles. The highest BCUT2D eigenvalue weighted by molar-refractivity contribution is 7.90. The fourth-order valence-corrected chi connectivity index (χ4v) is 7.70. The number of aryl methyl sites for hydroxylation is 1. The summed E-state index contributed by atoms with van der Waals surface area (Å²) in [6.45, 7) is 6.81. The minimum absolute atomic E-state index is 0.00931. The van der Waals surface area contributed by atoms with Crippen molar-refractivity contribution >= 4 is 27.4 Å². The van der Waals surface area contributed by atoms with Crippen LogP contribution in [0.15, 0.2) is 79.1 Å². The van der Waals surface area contributed by atoms with Gasteiger partial charge in [-0.2, -0.15) is 26.3 Å². The molecule has 1 saturated carbocycles. The number of halogens is 6. The first kappa shape index (κ1) is 45.2. The van der Waals surface area contributed by atoms with Gasteiger partial charge < -0.3 is 19.3 Å². The van der Waals surface area contributed by atoms with Crippen LogP contribution in [0.3, 0.4) is 0 Å². The smallest absolute Gasteiger partial charge is 0.416 e. The van der Waals surface area contributed by atoms with Crippen LogP contribution >= 0.6 is 0 Å². The highest BCUT2D eigenvalue weighted by atomic mass is 32.2. The van der Waals surface area contributed by atoms with Crippen LogP contribution in [0.4, 0.5) is 38.0 Å². The number of ether oxygens (including phenoxy) is 2. The monoisotopic (exact) mass is 848 g/mol. The van der Waals surface area contributed by atoms with E-state index in [0.29, 0.717) is 37.6 Å². The second-order valence-corrected chi connectivity index (χ2v) is 17.5. The standard InChI is InChI=1S/C43H50F6N4O5S/c1-5-52(26-32-14-12-31(13-15-32)20-40(54)58-28-33-9-7-6-8-10-33)39-16-11-29(2)19-35(39)27-53(41-50-24-38(25-51-41)57-17-18-59(4,55)56)30(3)34-21-36(42(44,45)46)23-37(22-34)43(47,48)49/h6-11,16,19,21-25,30-32H,5,12-15,17-18,20,26-28H2,1-4H3/t30-,31?,32?/m0/s1. The largest absolute Gasteiger partial charge is 0.489 e. The number of carbonyl (C=O) groups is 1. The van der Waals surface area contributed by atoms with Crippen molar-refractivity contribution in [3.8, 4) is 5.75 Å². The lowest BCUT2D eigenvalue weighted by Gasteiger charge is -2.36. The topological polar surface area (TPSA) is 102 Å². The molecule has 16 heteroatoms. The molecule has 0 radical (unpaired) electrons. The summed E-state index contributed by atoms with van der Waals surface area (Å²) in [5.74, 6) is 0.212. The van der Waals surface area contributed by atoms with Gasteiger partial charge in [0.15, 0.2) is 15.6 Å². The van der Waals surface area contributed by atoms with Crippen molar-refractivity contribution in [1.82, 2.24) is 9.97 Å². The van der Waals surface area contributed by atoms with Crippen LogP contribution in [0.2, 0.25) is 0 Å². The predicted octanol–water partition coefficient (Wildman–Crippen LogP) is 9.78. The Labute approximate surface area is 341 Å². The van der Waals surface area contributed by atoms with E-state index < -0.39 is 39.4 Å². The molecule has 5 rings (SSSR count). The summed E-state index contributed by atoms with van der Waals surface area (Å²) < 4.78 is 118. The maximum Gasteiger partial charge on any atom is 0.416 e. The van der Waals surface area contributed by atoms with Crippen molar-refractivity contribution in [3.05, 3.63) is 113 Å². The van der Waals surface area contributed by atoms with Crippen LogP contribution in [0.1, 0.15) is 85.4 Å². The first-order valence-corrected chi connectivity index (χ1v) is 21.6. The number of alkyl halides is 6. The van der Waals surface area contributed by atoms with Gasteiger partial charge in [-0.3, -0.25) is 4.79 Å². The lowest BCUT2D eigenvalue weighted by Crippen LogP contribution is -2.34. The van der Waals surface area contributed by atoms with Crippen LogP contribution in [-0.4, -0.2) is 56.1 Å². The molecule has 0 N–H and O–H groups in total.